The molecule has 190 valence electrons. The highest BCUT2D eigenvalue weighted by Crippen LogP contribution is 2.28. The van der Waals surface area contributed by atoms with Gasteiger partial charge < -0.3 is 20.3 Å². The predicted molar refractivity (Wildman–Crippen MR) is 149 cm³/mol. The molecule has 0 atom stereocenters. The molecular weight excluding hydrogens is 486 g/mol. The van der Waals surface area contributed by atoms with Crippen LogP contribution in [0.1, 0.15) is 21.7 Å². The highest BCUT2D eigenvalue weighted by Gasteiger charge is 2.17. The molecular formula is C28H29N5O3S. The summed E-state index contributed by atoms with van der Waals surface area (Å²) in [5.41, 5.74) is 5.22. The second-order valence-electron chi connectivity index (χ2n) is 8.99. The molecule has 1 aliphatic heterocycles. The second kappa shape index (κ2) is 11.0. The summed E-state index contributed by atoms with van der Waals surface area (Å²) in [6.07, 6.45) is 4.28. The van der Waals surface area contributed by atoms with Crippen molar-refractivity contribution in [2.45, 2.75) is 13.3 Å². The van der Waals surface area contributed by atoms with Crippen LogP contribution < -0.4 is 10.6 Å². The molecule has 1 saturated heterocycles. The van der Waals surface area contributed by atoms with E-state index in [0.717, 1.165) is 44.0 Å². The average Bonchev–Trinajstić information content (AvgIpc) is 3.51. The largest absolute Gasteiger partial charge is 0.378 e. The Morgan fingerprint density at radius 1 is 1.08 bits per heavy atom. The second-order valence-corrected chi connectivity index (χ2v) is 10.0. The highest BCUT2D eigenvalue weighted by molar-refractivity contribution is 7.10. The van der Waals surface area contributed by atoms with Gasteiger partial charge in [0.05, 0.1) is 30.8 Å². The smallest absolute Gasteiger partial charge is 0.321 e. The minimum absolute atomic E-state index is 0.0400. The number of amides is 3. The van der Waals surface area contributed by atoms with Crippen molar-refractivity contribution in [3.63, 3.8) is 0 Å². The van der Waals surface area contributed by atoms with Crippen LogP contribution in [0.25, 0.3) is 23.1 Å². The number of nitrogens with zero attached hydrogens (tertiary/aromatic N) is 3. The van der Waals surface area contributed by atoms with Crippen LogP contribution in [-0.4, -0.2) is 52.9 Å². The van der Waals surface area contributed by atoms with Crippen molar-refractivity contribution in [2.75, 3.05) is 36.9 Å². The molecule has 3 heterocycles. The van der Waals surface area contributed by atoms with Gasteiger partial charge in [0.15, 0.2) is 0 Å². The fraction of sp³-hybridized carbons (Fsp3) is 0.250. The van der Waals surface area contributed by atoms with Gasteiger partial charge in [0.1, 0.15) is 0 Å². The van der Waals surface area contributed by atoms with E-state index >= 15 is 0 Å². The third-order valence-electron chi connectivity index (χ3n) is 6.28. The average molecular weight is 516 g/mol. The number of ether oxygens (including phenoxy) is 1. The molecule has 0 unspecified atom stereocenters. The van der Waals surface area contributed by atoms with Crippen molar-refractivity contribution in [3.05, 3.63) is 75.6 Å². The van der Waals surface area contributed by atoms with Gasteiger partial charge in [-0.2, -0.15) is 5.10 Å². The van der Waals surface area contributed by atoms with Gasteiger partial charge in [0.25, 0.3) is 0 Å². The predicted octanol–water partition coefficient (Wildman–Crippen LogP) is 5.16. The zero-order valence-electron chi connectivity index (χ0n) is 20.9. The van der Waals surface area contributed by atoms with Crippen molar-refractivity contribution in [1.29, 1.82) is 0 Å². The number of aryl methyl sites for hydroxylation is 2. The Morgan fingerprint density at radius 2 is 1.92 bits per heavy atom. The molecule has 8 nitrogen and oxygen atoms in total. The lowest BCUT2D eigenvalue weighted by Gasteiger charge is -2.26. The van der Waals surface area contributed by atoms with Crippen molar-refractivity contribution >= 4 is 57.7 Å². The molecule has 0 saturated carbocycles. The van der Waals surface area contributed by atoms with E-state index in [1.165, 1.54) is 0 Å². The van der Waals surface area contributed by atoms with Crippen LogP contribution in [0.5, 0.6) is 0 Å². The van der Waals surface area contributed by atoms with Crippen molar-refractivity contribution in [2.24, 2.45) is 7.05 Å². The monoisotopic (exact) mass is 515 g/mol. The lowest BCUT2D eigenvalue weighted by molar-refractivity contribution is -0.115. The first kappa shape index (κ1) is 24.7. The first-order valence-corrected chi connectivity index (χ1v) is 13.1. The van der Waals surface area contributed by atoms with Gasteiger partial charge in [-0.15, -0.1) is 11.3 Å². The minimum atomic E-state index is -0.121. The van der Waals surface area contributed by atoms with Crippen molar-refractivity contribution in [1.82, 2.24) is 14.7 Å². The number of benzene rings is 2. The SMILES string of the molecule is Cc1cc2c(cc1NC(=O)Cc1cccs1)c(/C=C/c1cccc(NC(=O)N3CCOCC3)c1)nn2C. The summed E-state index contributed by atoms with van der Waals surface area (Å²) in [5.74, 6) is -0.0400. The number of urea groups is 1. The molecule has 5 rings (SSSR count). The zero-order chi connectivity index (χ0) is 25.8. The summed E-state index contributed by atoms with van der Waals surface area (Å²) in [6.45, 7) is 4.29. The molecule has 0 bridgehead atoms. The van der Waals surface area contributed by atoms with Crippen LogP contribution >= 0.6 is 11.3 Å². The fourth-order valence-corrected chi connectivity index (χ4v) is 5.03. The molecule has 0 spiro atoms. The number of carbonyl (C=O) groups is 2. The number of nitrogens with one attached hydrogen (secondary N) is 2. The van der Waals surface area contributed by atoms with Crippen LogP contribution in [0.3, 0.4) is 0 Å². The number of hydrogen-bond acceptors (Lipinski definition) is 5. The number of thiophene rings is 1. The van der Waals surface area contributed by atoms with E-state index in [1.807, 2.05) is 84.7 Å². The molecule has 2 N–H and O–H groups in total. The van der Waals surface area contributed by atoms with E-state index < -0.39 is 0 Å². The topological polar surface area (TPSA) is 88.5 Å². The normalized spacial score (nSPS) is 13.8. The number of aromatic nitrogens is 2. The Hall–Kier alpha value is -3.95. The van der Waals surface area contributed by atoms with E-state index in [-0.39, 0.29) is 11.9 Å². The van der Waals surface area contributed by atoms with Gasteiger partial charge in [-0.1, -0.05) is 24.3 Å². The van der Waals surface area contributed by atoms with Gasteiger partial charge in [-0.25, -0.2) is 4.79 Å². The number of rotatable bonds is 6. The van der Waals surface area contributed by atoms with Crippen LogP contribution in [0.2, 0.25) is 0 Å². The Bertz CT molecular complexity index is 1450. The van der Waals surface area contributed by atoms with E-state index in [0.29, 0.717) is 32.7 Å². The van der Waals surface area contributed by atoms with Crippen LogP contribution in [-0.2, 0) is 23.0 Å². The van der Waals surface area contributed by atoms with Crippen LogP contribution in [0, 0.1) is 6.92 Å². The fourth-order valence-electron chi connectivity index (χ4n) is 4.32. The Morgan fingerprint density at radius 3 is 2.70 bits per heavy atom. The van der Waals surface area contributed by atoms with Gasteiger partial charge in [-0.3, -0.25) is 9.48 Å². The van der Waals surface area contributed by atoms with E-state index in [4.69, 9.17) is 4.74 Å². The Labute approximate surface area is 219 Å². The first-order valence-electron chi connectivity index (χ1n) is 12.2. The molecule has 37 heavy (non-hydrogen) atoms. The molecule has 0 aliphatic carbocycles. The van der Waals surface area contributed by atoms with Crippen molar-refractivity contribution in [3.8, 4) is 0 Å². The zero-order valence-corrected chi connectivity index (χ0v) is 21.7. The lowest BCUT2D eigenvalue weighted by Crippen LogP contribution is -2.43. The molecule has 2 aromatic heterocycles. The van der Waals surface area contributed by atoms with Crippen LogP contribution in [0.4, 0.5) is 16.2 Å². The Kier molecular flexibility index (Phi) is 7.34. The molecule has 2 aromatic carbocycles. The van der Waals surface area contributed by atoms with E-state index in [1.54, 1.807) is 16.2 Å². The summed E-state index contributed by atoms with van der Waals surface area (Å²) in [6, 6.07) is 15.5. The first-order chi connectivity index (χ1) is 18.0. The van der Waals surface area contributed by atoms with Crippen LogP contribution in [0.15, 0.2) is 53.9 Å². The van der Waals surface area contributed by atoms with Gasteiger partial charge in [0.2, 0.25) is 5.91 Å². The summed E-state index contributed by atoms with van der Waals surface area (Å²) in [5, 5.41) is 13.6. The third kappa shape index (κ3) is 5.90. The molecule has 3 amide bonds. The number of morpholine rings is 1. The number of fused-ring (bicyclic) bond motifs is 1. The summed E-state index contributed by atoms with van der Waals surface area (Å²) >= 11 is 1.58. The number of anilines is 2. The van der Waals surface area contributed by atoms with Gasteiger partial charge >= 0.3 is 6.03 Å². The maximum Gasteiger partial charge on any atom is 0.321 e. The molecule has 9 heteroatoms. The minimum Gasteiger partial charge on any atom is -0.378 e. The molecule has 0 radical (unpaired) electrons. The van der Waals surface area contributed by atoms with E-state index in [9.17, 15) is 9.59 Å². The summed E-state index contributed by atoms with van der Waals surface area (Å²) < 4.78 is 7.17. The molecule has 4 aromatic rings. The standard InChI is InChI=1S/C28H29N5O3S/c1-19-15-26-23(18-25(19)30-27(34)17-22-7-4-14-37-22)24(31-32(26)2)9-8-20-5-3-6-21(16-20)29-28(35)33-10-12-36-13-11-33/h3-9,14-16,18H,10-13,17H2,1-2H3,(H,29,35)(H,30,34)/b9-8+. The maximum atomic E-state index is 12.6. The van der Waals surface area contributed by atoms with Crippen molar-refractivity contribution < 1.29 is 14.3 Å². The van der Waals surface area contributed by atoms with Gasteiger partial charge in [-0.05, 0) is 59.8 Å². The lowest BCUT2D eigenvalue weighted by atomic mass is 10.1. The van der Waals surface area contributed by atoms with E-state index in [2.05, 4.69) is 15.7 Å². The summed E-state index contributed by atoms with van der Waals surface area (Å²) in [4.78, 5) is 27.9. The molecule has 1 aliphatic rings. The number of hydrogen-bond donors (Lipinski definition) is 2. The van der Waals surface area contributed by atoms with Gasteiger partial charge in [0, 0.05) is 41.8 Å². The molecule has 1 fully saturated rings. The maximum absolute atomic E-state index is 12.6. The summed E-state index contributed by atoms with van der Waals surface area (Å²) in [7, 11) is 1.91. The highest BCUT2D eigenvalue weighted by atomic mass is 32.1. The quantitative estimate of drug-likeness (QED) is 0.371. The number of carbonyl (C=O) groups excluding carboxylic acids is 2. The third-order valence-corrected chi connectivity index (χ3v) is 7.16. The Balaban J connectivity index is 1.33.